The van der Waals surface area contributed by atoms with E-state index in [1.54, 1.807) is 6.07 Å². The van der Waals surface area contributed by atoms with Crippen LogP contribution < -0.4 is 5.32 Å². The van der Waals surface area contributed by atoms with Crippen molar-refractivity contribution in [1.29, 1.82) is 0 Å². The van der Waals surface area contributed by atoms with Crippen LogP contribution in [0.4, 0.5) is 5.82 Å². The van der Waals surface area contributed by atoms with Crippen molar-refractivity contribution >= 4 is 17.4 Å². The molecule has 64 valence electrons. The highest BCUT2D eigenvalue weighted by Gasteiger charge is 2.21. The van der Waals surface area contributed by atoms with Gasteiger partial charge in [-0.3, -0.25) is 0 Å². The lowest BCUT2D eigenvalue weighted by Gasteiger charge is -2.03. The van der Waals surface area contributed by atoms with Gasteiger partial charge in [0, 0.05) is 12.1 Å². The van der Waals surface area contributed by atoms with Crippen molar-refractivity contribution in [2.24, 2.45) is 0 Å². The highest BCUT2D eigenvalue weighted by Crippen LogP contribution is 2.24. The largest absolute Gasteiger partial charge is 0.367 e. The summed E-state index contributed by atoms with van der Waals surface area (Å²) in [6.07, 6.45) is 2.47. The van der Waals surface area contributed by atoms with E-state index in [1.165, 1.54) is 12.8 Å². The van der Waals surface area contributed by atoms with E-state index in [-0.39, 0.29) is 0 Å². The summed E-state index contributed by atoms with van der Waals surface area (Å²) in [6, 6.07) is 2.36. The topological polar surface area (TPSA) is 37.8 Å². The Balaban J connectivity index is 2.18. The molecule has 0 saturated heterocycles. The lowest BCUT2D eigenvalue weighted by atomic mass is 10.5. The Morgan fingerprint density at radius 3 is 2.83 bits per heavy atom. The van der Waals surface area contributed by atoms with E-state index in [2.05, 4.69) is 15.3 Å². The van der Waals surface area contributed by atoms with Gasteiger partial charge in [-0.15, -0.1) is 0 Å². The Morgan fingerprint density at radius 2 is 2.25 bits per heavy atom. The fraction of sp³-hybridized carbons (Fsp3) is 0.500. The normalized spacial score (nSPS) is 16.2. The predicted octanol–water partition coefficient (Wildman–Crippen LogP) is 2.01. The molecule has 0 aliphatic heterocycles. The van der Waals surface area contributed by atoms with Crippen LogP contribution in [0.15, 0.2) is 6.07 Å². The van der Waals surface area contributed by atoms with Crippen LogP contribution in [0.1, 0.15) is 18.7 Å². The average Bonchev–Trinajstić information content (AvgIpc) is 2.68. The number of rotatable bonds is 2. The first-order valence-corrected chi connectivity index (χ1v) is 4.39. The second-order valence-corrected chi connectivity index (χ2v) is 3.43. The number of aromatic nitrogens is 2. The maximum Gasteiger partial charge on any atom is 0.134 e. The van der Waals surface area contributed by atoms with Crippen LogP contribution in [0.3, 0.4) is 0 Å². The average molecular weight is 184 g/mol. The lowest BCUT2D eigenvalue weighted by Crippen LogP contribution is -2.04. The van der Waals surface area contributed by atoms with Crippen molar-refractivity contribution in [3.8, 4) is 0 Å². The van der Waals surface area contributed by atoms with Gasteiger partial charge in [0.25, 0.3) is 0 Å². The minimum Gasteiger partial charge on any atom is -0.367 e. The van der Waals surface area contributed by atoms with Gasteiger partial charge >= 0.3 is 0 Å². The Labute approximate surface area is 76.2 Å². The van der Waals surface area contributed by atoms with Crippen LogP contribution in [0, 0.1) is 6.92 Å². The van der Waals surface area contributed by atoms with Crippen LogP contribution >= 0.6 is 11.6 Å². The summed E-state index contributed by atoms with van der Waals surface area (Å²) in [5, 5.41) is 3.77. The van der Waals surface area contributed by atoms with Crippen molar-refractivity contribution in [3.63, 3.8) is 0 Å². The van der Waals surface area contributed by atoms with Crippen molar-refractivity contribution in [1.82, 2.24) is 9.97 Å². The third-order valence-electron chi connectivity index (χ3n) is 1.74. The van der Waals surface area contributed by atoms with Gasteiger partial charge in [-0.25, -0.2) is 9.97 Å². The molecule has 0 spiro atoms. The zero-order valence-corrected chi connectivity index (χ0v) is 7.60. The van der Waals surface area contributed by atoms with Crippen molar-refractivity contribution < 1.29 is 0 Å². The van der Waals surface area contributed by atoms with Crippen molar-refractivity contribution in [2.45, 2.75) is 25.8 Å². The molecule has 1 N–H and O–H groups in total. The molecule has 0 atom stereocenters. The van der Waals surface area contributed by atoms with Crippen LogP contribution in [0.2, 0.25) is 5.15 Å². The molecule has 1 saturated carbocycles. The van der Waals surface area contributed by atoms with E-state index in [1.807, 2.05) is 6.92 Å². The molecule has 1 aromatic heterocycles. The molecule has 1 aliphatic rings. The SMILES string of the molecule is Cc1nc(Cl)cc(NC2CC2)n1. The zero-order chi connectivity index (χ0) is 8.55. The lowest BCUT2D eigenvalue weighted by molar-refractivity contribution is 1.02. The van der Waals surface area contributed by atoms with Crippen LogP contribution in [0.5, 0.6) is 0 Å². The maximum atomic E-state index is 5.76. The molecule has 1 heterocycles. The third kappa shape index (κ3) is 1.85. The second-order valence-electron chi connectivity index (χ2n) is 3.04. The van der Waals surface area contributed by atoms with Gasteiger partial charge in [-0.2, -0.15) is 0 Å². The second kappa shape index (κ2) is 2.90. The molecule has 0 bridgehead atoms. The highest BCUT2D eigenvalue weighted by atomic mass is 35.5. The minimum absolute atomic E-state index is 0.505. The molecule has 1 aliphatic carbocycles. The van der Waals surface area contributed by atoms with Gasteiger partial charge < -0.3 is 5.32 Å². The van der Waals surface area contributed by atoms with E-state index < -0.39 is 0 Å². The Hall–Kier alpha value is -0.830. The van der Waals surface area contributed by atoms with E-state index in [4.69, 9.17) is 11.6 Å². The molecule has 3 nitrogen and oxygen atoms in total. The summed E-state index contributed by atoms with van der Waals surface area (Å²) in [4.78, 5) is 8.18. The molecule has 0 unspecified atom stereocenters. The maximum absolute atomic E-state index is 5.76. The van der Waals surface area contributed by atoms with Gasteiger partial charge in [0.1, 0.15) is 16.8 Å². The van der Waals surface area contributed by atoms with Crippen molar-refractivity contribution in [2.75, 3.05) is 5.32 Å². The first kappa shape index (κ1) is 7.80. The van der Waals surface area contributed by atoms with Crippen molar-refractivity contribution in [3.05, 3.63) is 17.0 Å². The molecule has 4 heteroatoms. The van der Waals surface area contributed by atoms with Gasteiger partial charge in [-0.1, -0.05) is 11.6 Å². The molecule has 0 amide bonds. The summed E-state index contributed by atoms with van der Waals surface area (Å²) < 4.78 is 0. The fourth-order valence-electron chi connectivity index (χ4n) is 1.04. The summed E-state index contributed by atoms with van der Waals surface area (Å²) in [5.74, 6) is 1.56. The molecule has 0 radical (unpaired) electrons. The van der Waals surface area contributed by atoms with Gasteiger partial charge in [0.2, 0.25) is 0 Å². The van der Waals surface area contributed by atoms with Crippen LogP contribution in [-0.4, -0.2) is 16.0 Å². The Morgan fingerprint density at radius 1 is 1.50 bits per heavy atom. The fourth-order valence-corrected chi connectivity index (χ4v) is 1.27. The monoisotopic (exact) mass is 183 g/mol. The van der Waals surface area contributed by atoms with Crippen LogP contribution in [0.25, 0.3) is 0 Å². The first-order valence-electron chi connectivity index (χ1n) is 4.02. The summed E-state index contributed by atoms with van der Waals surface area (Å²) in [5.41, 5.74) is 0. The summed E-state index contributed by atoms with van der Waals surface area (Å²) in [7, 11) is 0. The van der Waals surface area contributed by atoms with Gasteiger partial charge in [0.15, 0.2) is 0 Å². The van der Waals surface area contributed by atoms with E-state index >= 15 is 0 Å². The quantitative estimate of drug-likeness (QED) is 0.713. The summed E-state index contributed by atoms with van der Waals surface area (Å²) in [6.45, 7) is 1.84. The molecule has 12 heavy (non-hydrogen) atoms. The molecule has 2 rings (SSSR count). The predicted molar refractivity (Wildman–Crippen MR) is 48.4 cm³/mol. The number of nitrogens with zero attached hydrogens (tertiary/aromatic N) is 2. The third-order valence-corrected chi connectivity index (χ3v) is 1.93. The zero-order valence-electron chi connectivity index (χ0n) is 6.84. The van der Waals surface area contributed by atoms with E-state index in [9.17, 15) is 0 Å². The molecule has 1 aromatic rings. The molecular formula is C8H10ClN3. The number of hydrogen-bond acceptors (Lipinski definition) is 3. The van der Waals surface area contributed by atoms with Crippen LogP contribution in [-0.2, 0) is 0 Å². The number of anilines is 1. The first-order chi connectivity index (χ1) is 5.74. The number of nitrogens with one attached hydrogen (secondary N) is 1. The van der Waals surface area contributed by atoms with Gasteiger partial charge in [0.05, 0.1) is 0 Å². The number of hydrogen-bond donors (Lipinski definition) is 1. The minimum atomic E-state index is 0.505. The van der Waals surface area contributed by atoms with E-state index in [0.29, 0.717) is 17.0 Å². The molecular weight excluding hydrogens is 174 g/mol. The van der Waals surface area contributed by atoms with E-state index in [0.717, 1.165) is 5.82 Å². The Kier molecular flexibility index (Phi) is 1.89. The number of aryl methyl sites for hydroxylation is 1. The summed E-state index contributed by atoms with van der Waals surface area (Å²) >= 11 is 5.76. The smallest absolute Gasteiger partial charge is 0.134 e. The molecule has 1 fully saturated rings. The Bertz CT molecular complexity index is 276. The highest BCUT2D eigenvalue weighted by molar-refractivity contribution is 6.29. The number of halogens is 1. The van der Waals surface area contributed by atoms with Gasteiger partial charge in [-0.05, 0) is 19.8 Å². The molecule has 0 aromatic carbocycles. The standard InChI is InChI=1S/C8H10ClN3/c1-5-10-7(9)4-8(11-5)12-6-2-3-6/h4,6H,2-3H2,1H3,(H,10,11,12).